The minimum Gasteiger partial charge on any atom is -0.596 e. The Kier molecular flexibility index (Phi) is 7.38. The van der Waals surface area contributed by atoms with E-state index in [1.54, 1.807) is 0 Å². The van der Waals surface area contributed by atoms with Gasteiger partial charge in [-0.3, -0.25) is 4.79 Å². The monoisotopic (exact) mass is 222 g/mol. The van der Waals surface area contributed by atoms with Gasteiger partial charge in [0.05, 0.1) is 0 Å². The average Bonchev–Trinajstić information content (AvgIpc) is 1.53. The standard InChI is InChI=1S/C3H9OSi.C2H4O2.CH3.Al.H4Si/c1-5(2,3)4;1-2(3)4;;;/h1-3H3;1H3,(H,3,4);1H3;;1H4/q-1;;;+2;/p-1. The normalized spacial score (nSPS) is 10.1. The molecule has 0 aliphatic heterocycles. The molecular weight excluding hydrogens is 203 g/mol. The first-order chi connectivity index (χ1) is 4.81. The summed E-state index contributed by atoms with van der Waals surface area (Å²) in [5.41, 5.74) is 0. The van der Waals surface area contributed by atoms with Gasteiger partial charge in [0.2, 0.25) is 0 Å². The number of hydrogen-bond acceptors (Lipinski definition) is 3. The van der Waals surface area contributed by atoms with Crippen molar-refractivity contribution in [2.45, 2.75) is 32.4 Å². The Morgan fingerprint density at radius 3 is 2.00 bits per heavy atom. The highest BCUT2D eigenvalue weighted by molar-refractivity contribution is 6.76. The van der Waals surface area contributed by atoms with E-state index in [2.05, 4.69) is 19.6 Å². The Balaban J connectivity index is 0. The molecule has 0 aromatic heterocycles. The molecule has 0 radical (unpaired) electrons. The number of hydrogen-bond donors (Lipinski definition) is 0. The van der Waals surface area contributed by atoms with E-state index in [1.165, 1.54) is 6.92 Å². The summed E-state index contributed by atoms with van der Waals surface area (Å²) in [6.07, 6.45) is 0. The molecule has 0 aromatic rings. The Bertz CT molecular complexity index is 146. The van der Waals surface area contributed by atoms with Crippen molar-refractivity contribution in [1.82, 2.24) is 0 Å². The summed E-state index contributed by atoms with van der Waals surface area (Å²) in [7, 11) is -1.50. The van der Waals surface area contributed by atoms with Crippen molar-refractivity contribution in [1.29, 1.82) is 0 Å². The van der Waals surface area contributed by atoms with Crippen molar-refractivity contribution in [3.8, 4) is 0 Å². The fraction of sp³-hybridized carbons (Fsp3) is 0.833. The molecule has 0 bridgehead atoms. The molecule has 0 aliphatic carbocycles. The lowest BCUT2D eigenvalue weighted by Crippen LogP contribution is -2.35. The van der Waals surface area contributed by atoms with E-state index < -0.39 is 23.1 Å². The lowest BCUT2D eigenvalue weighted by atomic mass is 10.9. The van der Waals surface area contributed by atoms with E-state index in [9.17, 15) is 4.79 Å². The molecule has 0 spiro atoms. The molecule has 0 N–H and O–H groups in total. The predicted octanol–water partition coefficient (Wildman–Crippen LogP) is 0.0674. The smallest absolute Gasteiger partial charge is 0.596 e. The highest BCUT2D eigenvalue weighted by Crippen LogP contribution is 2.05. The van der Waals surface area contributed by atoms with Crippen LogP contribution in [0, 0.1) is 0 Å². The molecule has 0 amide bonds. The summed E-state index contributed by atoms with van der Waals surface area (Å²) in [6, 6.07) is 0. The summed E-state index contributed by atoms with van der Waals surface area (Å²) in [4.78, 5) is 10.5. The number of carbonyl (C=O) groups excluding carboxylic acids is 1. The molecule has 0 rings (SSSR count). The zero-order valence-electron chi connectivity index (χ0n) is 7.80. The van der Waals surface area contributed by atoms with Gasteiger partial charge in [-0.25, -0.2) is 0 Å². The predicted molar refractivity (Wildman–Crippen MR) is 59.1 cm³/mol. The zero-order chi connectivity index (χ0) is 9.07. The van der Waals surface area contributed by atoms with Gasteiger partial charge in [0.1, 0.15) is 0 Å². The zero-order valence-corrected chi connectivity index (χ0v) is 9.96. The maximum Gasteiger partial charge on any atom is 0.752 e. The highest BCUT2D eigenvalue weighted by atomic mass is 28.4. The van der Waals surface area contributed by atoms with E-state index in [-0.39, 0.29) is 16.9 Å². The van der Waals surface area contributed by atoms with Crippen LogP contribution in [0.25, 0.3) is 0 Å². The van der Waals surface area contributed by atoms with E-state index in [0.717, 1.165) is 0 Å². The molecule has 0 saturated heterocycles. The Morgan fingerprint density at radius 2 is 1.75 bits per heavy atom. The SMILES string of the molecule is CC(=O)[O][Al]([CH3])[O][Si](C)(C)C.[SiH4]. The lowest BCUT2D eigenvalue weighted by Gasteiger charge is -2.20. The average molecular weight is 222 g/mol. The van der Waals surface area contributed by atoms with E-state index >= 15 is 0 Å². The van der Waals surface area contributed by atoms with Crippen molar-refractivity contribution in [3.05, 3.63) is 0 Å². The molecule has 0 heterocycles. The third kappa shape index (κ3) is 10.4. The van der Waals surface area contributed by atoms with Crippen LogP contribution in [0.15, 0.2) is 0 Å². The van der Waals surface area contributed by atoms with Gasteiger partial charge in [-0.1, -0.05) is 0 Å². The Labute approximate surface area is 84.7 Å². The van der Waals surface area contributed by atoms with Gasteiger partial charge < -0.3 is 7.27 Å². The molecule has 3 nitrogen and oxygen atoms in total. The van der Waals surface area contributed by atoms with Crippen molar-refractivity contribution in [2.24, 2.45) is 0 Å². The number of rotatable bonds is 3. The van der Waals surface area contributed by atoms with Gasteiger partial charge in [0, 0.05) is 6.92 Å². The van der Waals surface area contributed by atoms with Crippen LogP contribution in [-0.2, 0) is 12.1 Å². The molecule has 0 fully saturated rings. The van der Waals surface area contributed by atoms with Crippen molar-refractivity contribution in [2.75, 3.05) is 0 Å². The van der Waals surface area contributed by atoms with Crippen LogP contribution in [0.3, 0.4) is 0 Å². The molecule has 12 heavy (non-hydrogen) atoms. The number of carbonyl (C=O) groups is 1. The fourth-order valence-corrected chi connectivity index (χ4v) is 5.40. The van der Waals surface area contributed by atoms with Crippen LogP contribution in [0.5, 0.6) is 0 Å². The highest BCUT2D eigenvalue weighted by Gasteiger charge is 2.28. The van der Waals surface area contributed by atoms with Crippen molar-refractivity contribution >= 4 is 40.1 Å². The summed E-state index contributed by atoms with van der Waals surface area (Å²) in [5, 5.41) is 0. The van der Waals surface area contributed by atoms with Gasteiger partial charge in [-0.15, -0.1) is 0 Å². The fourth-order valence-electron chi connectivity index (χ4n) is 0.756. The quantitative estimate of drug-likeness (QED) is 0.634. The second-order valence-electron chi connectivity index (χ2n) is 3.41. The first kappa shape index (κ1) is 14.9. The van der Waals surface area contributed by atoms with Crippen LogP contribution in [0.1, 0.15) is 6.92 Å². The first-order valence-electron chi connectivity index (χ1n) is 3.66. The van der Waals surface area contributed by atoms with Gasteiger partial charge in [0.25, 0.3) is 5.97 Å². The summed E-state index contributed by atoms with van der Waals surface area (Å²) < 4.78 is 10.5. The lowest BCUT2D eigenvalue weighted by molar-refractivity contribution is -0.132. The van der Waals surface area contributed by atoms with Crippen molar-refractivity contribution < 1.29 is 12.1 Å². The summed E-state index contributed by atoms with van der Waals surface area (Å²) >= 11 is -1.67. The molecule has 6 heteroatoms. The summed E-state index contributed by atoms with van der Waals surface area (Å²) in [5.74, 6) is 1.64. The van der Waals surface area contributed by atoms with Crippen LogP contribution in [0.2, 0.25) is 25.4 Å². The largest absolute Gasteiger partial charge is 0.752 e. The molecular formula is C6H19AlO3Si2. The van der Waals surface area contributed by atoms with E-state index in [1.807, 2.05) is 5.79 Å². The molecule has 0 atom stereocenters. The van der Waals surface area contributed by atoms with E-state index in [4.69, 9.17) is 7.27 Å². The maximum atomic E-state index is 10.5. The van der Waals surface area contributed by atoms with Gasteiger partial charge >= 0.3 is 14.8 Å². The minimum atomic E-state index is -1.67. The van der Waals surface area contributed by atoms with Crippen LogP contribution in [-0.4, -0.2) is 40.1 Å². The van der Waals surface area contributed by atoms with Crippen molar-refractivity contribution in [3.63, 3.8) is 0 Å². The van der Waals surface area contributed by atoms with Crippen LogP contribution in [0.4, 0.5) is 0 Å². The van der Waals surface area contributed by atoms with Crippen LogP contribution < -0.4 is 0 Å². The topological polar surface area (TPSA) is 35.5 Å². The second-order valence-corrected chi connectivity index (χ2v) is 9.95. The molecule has 0 saturated carbocycles. The Morgan fingerprint density at radius 1 is 1.33 bits per heavy atom. The second kappa shape index (κ2) is 5.94. The third-order valence-corrected chi connectivity index (χ3v) is 5.67. The van der Waals surface area contributed by atoms with Crippen LogP contribution >= 0.6 is 0 Å². The third-order valence-electron chi connectivity index (χ3n) is 0.851. The summed E-state index contributed by atoms with van der Waals surface area (Å²) in [6.45, 7) is 7.66. The van der Waals surface area contributed by atoms with Gasteiger partial charge in [-0.05, 0) is 36.4 Å². The first-order valence-corrected chi connectivity index (χ1v) is 9.17. The molecule has 0 unspecified atom stereocenters. The Hall–Kier alpha value is 0.396. The van der Waals surface area contributed by atoms with E-state index in [0.29, 0.717) is 0 Å². The molecule has 0 aromatic carbocycles. The van der Waals surface area contributed by atoms with Gasteiger partial charge in [-0.2, -0.15) is 0 Å². The minimum absolute atomic E-state index is 0. The molecule has 0 aliphatic rings. The van der Waals surface area contributed by atoms with Gasteiger partial charge in [0.15, 0.2) is 8.32 Å². The molecule has 72 valence electrons. The maximum absolute atomic E-state index is 10.5.